The molecule has 8 heteroatoms. The first kappa shape index (κ1) is 17.5. The molecule has 1 aromatic rings. The largest absolute Gasteiger partial charge is 0.336 e. The number of carbonyl (C=O) groups excluding carboxylic acids is 1. The maximum Gasteiger partial charge on any atom is 0.331 e. The summed E-state index contributed by atoms with van der Waals surface area (Å²) >= 11 is 0. The molecule has 0 spiro atoms. The minimum atomic E-state index is -1.11. The SMILES string of the molecule is CC(C)[C@](C)(C#N)NC(=O)Cn1c(=O)c(C#N)c2n(c1=O)CCC2. The Hall–Kier alpha value is -2.87. The molecular formula is C16H19N5O3. The van der Waals surface area contributed by atoms with Crippen LogP contribution in [0.25, 0.3) is 0 Å². The molecule has 1 amide bonds. The lowest BCUT2D eigenvalue weighted by Crippen LogP contribution is -2.52. The van der Waals surface area contributed by atoms with Gasteiger partial charge in [-0.1, -0.05) is 13.8 Å². The van der Waals surface area contributed by atoms with Gasteiger partial charge in [0.1, 0.15) is 23.7 Å². The lowest BCUT2D eigenvalue weighted by atomic mass is 9.90. The van der Waals surface area contributed by atoms with Crippen molar-refractivity contribution in [1.29, 1.82) is 10.5 Å². The molecule has 0 saturated heterocycles. The average molecular weight is 329 g/mol. The van der Waals surface area contributed by atoms with Gasteiger partial charge in [0.15, 0.2) is 0 Å². The molecule has 1 aromatic heterocycles. The molecule has 2 rings (SSSR count). The minimum absolute atomic E-state index is 0.0909. The monoisotopic (exact) mass is 329 g/mol. The van der Waals surface area contributed by atoms with E-state index < -0.39 is 29.2 Å². The summed E-state index contributed by atoms with van der Waals surface area (Å²) in [6.07, 6.45) is 1.18. The van der Waals surface area contributed by atoms with Gasteiger partial charge in [-0.05, 0) is 25.7 Å². The molecule has 1 atom stereocenters. The molecule has 126 valence electrons. The van der Waals surface area contributed by atoms with Gasteiger partial charge in [0.25, 0.3) is 5.56 Å². The highest BCUT2D eigenvalue weighted by atomic mass is 16.2. The first-order chi connectivity index (χ1) is 11.2. The topological polar surface area (TPSA) is 121 Å². The molecule has 0 aromatic carbocycles. The van der Waals surface area contributed by atoms with Crippen LogP contribution in [-0.4, -0.2) is 20.6 Å². The second-order valence-electron chi connectivity index (χ2n) is 6.38. The Morgan fingerprint density at radius 2 is 2.04 bits per heavy atom. The Kier molecular flexibility index (Phi) is 4.61. The second kappa shape index (κ2) is 6.32. The van der Waals surface area contributed by atoms with Crippen molar-refractivity contribution in [3.63, 3.8) is 0 Å². The summed E-state index contributed by atoms with van der Waals surface area (Å²) in [7, 11) is 0. The number of fused-ring (bicyclic) bond motifs is 1. The minimum Gasteiger partial charge on any atom is -0.336 e. The molecule has 8 nitrogen and oxygen atoms in total. The van der Waals surface area contributed by atoms with Gasteiger partial charge in [0, 0.05) is 12.2 Å². The molecule has 1 aliphatic rings. The number of carbonyl (C=O) groups is 1. The highest BCUT2D eigenvalue weighted by molar-refractivity contribution is 5.77. The number of rotatable bonds is 4. The first-order valence-corrected chi connectivity index (χ1v) is 7.74. The van der Waals surface area contributed by atoms with E-state index in [1.54, 1.807) is 20.8 Å². The number of hydrogen-bond acceptors (Lipinski definition) is 5. The molecule has 24 heavy (non-hydrogen) atoms. The fourth-order valence-corrected chi connectivity index (χ4v) is 2.66. The normalized spacial score (nSPS) is 15.2. The van der Waals surface area contributed by atoms with Crippen LogP contribution in [0, 0.1) is 28.6 Å². The average Bonchev–Trinajstić information content (AvgIpc) is 3.01. The van der Waals surface area contributed by atoms with Crippen molar-refractivity contribution in [2.45, 2.75) is 52.2 Å². The second-order valence-corrected chi connectivity index (χ2v) is 6.38. The van der Waals surface area contributed by atoms with E-state index in [0.717, 1.165) is 4.57 Å². The summed E-state index contributed by atoms with van der Waals surface area (Å²) in [6.45, 7) is 5.05. The van der Waals surface area contributed by atoms with Gasteiger partial charge < -0.3 is 5.32 Å². The maximum atomic E-state index is 12.4. The third-order valence-electron chi connectivity index (χ3n) is 4.53. The fourth-order valence-electron chi connectivity index (χ4n) is 2.66. The van der Waals surface area contributed by atoms with E-state index >= 15 is 0 Å². The molecule has 0 bridgehead atoms. The van der Waals surface area contributed by atoms with E-state index in [9.17, 15) is 24.9 Å². The number of hydrogen-bond donors (Lipinski definition) is 1. The van der Waals surface area contributed by atoms with Crippen LogP contribution in [0.1, 0.15) is 38.4 Å². The summed E-state index contributed by atoms with van der Waals surface area (Å²) in [5, 5.41) is 21.0. The summed E-state index contributed by atoms with van der Waals surface area (Å²) < 4.78 is 2.14. The lowest BCUT2D eigenvalue weighted by Gasteiger charge is -2.27. The maximum absolute atomic E-state index is 12.4. The number of amides is 1. The Balaban J connectivity index is 2.41. The molecule has 0 aliphatic carbocycles. The van der Waals surface area contributed by atoms with Crippen molar-refractivity contribution in [2.75, 3.05) is 0 Å². The molecular weight excluding hydrogens is 310 g/mol. The highest BCUT2D eigenvalue weighted by Gasteiger charge is 2.31. The van der Waals surface area contributed by atoms with E-state index in [1.165, 1.54) is 4.57 Å². The van der Waals surface area contributed by atoms with Gasteiger partial charge >= 0.3 is 5.69 Å². The van der Waals surface area contributed by atoms with Gasteiger partial charge in [-0.15, -0.1) is 0 Å². The van der Waals surface area contributed by atoms with Crippen LogP contribution >= 0.6 is 0 Å². The van der Waals surface area contributed by atoms with Crippen molar-refractivity contribution in [3.8, 4) is 12.1 Å². The van der Waals surface area contributed by atoms with Crippen molar-refractivity contribution in [1.82, 2.24) is 14.5 Å². The van der Waals surface area contributed by atoms with Gasteiger partial charge in [0.2, 0.25) is 5.91 Å². The van der Waals surface area contributed by atoms with E-state index in [-0.39, 0.29) is 11.5 Å². The van der Waals surface area contributed by atoms with Crippen LogP contribution in [0.3, 0.4) is 0 Å². The zero-order chi connectivity index (χ0) is 18.1. The highest BCUT2D eigenvalue weighted by Crippen LogP contribution is 2.15. The van der Waals surface area contributed by atoms with E-state index in [2.05, 4.69) is 5.32 Å². The molecule has 0 saturated carbocycles. The van der Waals surface area contributed by atoms with Crippen LogP contribution in [0.4, 0.5) is 0 Å². The number of nitrogens with zero attached hydrogens (tertiary/aromatic N) is 4. The van der Waals surface area contributed by atoms with Crippen molar-refractivity contribution < 1.29 is 4.79 Å². The standard InChI is InChI=1S/C16H19N5O3/c1-10(2)16(3,9-18)19-13(22)8-21-14(23)11(7-17)12-5-4-6-20(12)15(21)24/h10H,4-6,8H2,1-3H3,(H,19,22)/t16-/m0/s1. The van der Waals surface area contributed by atoms with Crippen LogP contribution in [0.5, 0.6) is 0 Å². The van der Waals surface area contributed by atoms with E-state index in [4.69, 9.17) is 0 Å². The Morgan fingerprint density at radius 3 is 2.58 bits per heavy atom. The van der Waals surface area contributed by atoms with Crippen LogP contribution in [0.15, 0.2) is 9.59 Å². The third kappa shape index (κ3) is 2.83. The number of nitrogens with one attached hydrogen (secondary N) is 1. The molecule has 1 N–H and O–H groups in total. The van der Waals surface area contributed by atoms with Crippen molar-refractivity contribution >= 4 is 5.91 Å². The van der Waals surface area contributed by atoms with Crippen molar-refractivity contribution in [3.05, 3.63) is 32.1 Å². The number of aromatic nitrogens is 2. The zero-order valence-corrected chi connectivity index (χ0v) is 13.9. The summed E-state index contributed by atoms with van der Waals surface area (Å²) in [5.41, 5.74) is -2.11. The third-order valence-corrected chi connectivity index (χ3v) is 4.53. The first-order valence-electron chi connectivity index (χ1n) is 7.74. The predicted octanol–water partition coefficient (Wildman–Crippen LogP) is -0.118. The number of nitriles is 2. The van der Waals surface area contributed by atoms with Crippen LogP contribution in [0.2, 0.25) is 0 Å². The molecule has 2 heterocycles. The molecule has 0 radical (unpaired) electrons. The Bertz CT molecular complexity index is 881. The lowest BCUT2D eigenvalue weighted by molar-refractivity contribution is -0.123. The van der Waals surface area contributed by atoms with E-state index in [1.807, 2.05) is 12.1 Å². The molecule has 0 fully saturated rings. The van der Waals surface area contributed by atoms with Gasteiger partial charge in [0.05, 0.1) is 6.07 Å². The quantitative estimate of drug-likeness (QED) is 0.825. The molecule has 1 aliphatic heterocycles. The summed E-state index contributed by atoms with van der Waals surface area (Å²) in [4.78, 5) is 37.0. The van der Waals surface area contributed by atoms with Crippen LogP contribution < -0.4 is 16.6 Å². The smallest absolute Gasteiger partial charge is 0.331 e. The van der Waals surface area contributed by atoms with Gasteiger partial charge in [-0.3, -0.25) is 14.2 Å². The fraction of sp³-hybridized carbons (Fsp3) is 0.562. The summed E-state index contributed by atoms with van der Waals surface area (Å²) in [6, 6.07) is 3.87. The zero-order valence-electron chi connectivity index (χ0n) is 13.9. The van der Waals surface area contributed by atoms with E-state index in [0.29, 0.717) is 25.1 Å². The Morgan fingerprint density at radius 1 is 1.38 bits per heavy atom. The summed E-state index contributed by atoms with van der Waals surface area (Å²) in [5.74, 6) is -0.770. The Labute approximate surface area is 138 Å². The van der Waals surface area contributed by atoms with Crippen LogP contribution in [-0.2, 0) is 24.3 Å². The van der Waals surface area contributed by atoms with Crippen molar-refractivity contribution in [2.24, 2.45) is 5.92 Å². The van der Waals surface area contributed by atoms with Gasteiger partial charge in [-0.2, -0.15) is 10.5 Å². The predicted molar refractivity (Wildman–Crippen MR) is 85.0 cm³/mol. The molecule has 0 unspecified atom stereocenters. The van der Waals surface area contributed by atoms with Gasteiger partial charge in [-0.25, -0.2) is 9.36 Å².